The van der Waals surface area contributed by atoms with E-state index in [2.05, 4.69) is 4.72 Å². The molecular formula is C10H20ClNO4S2. The predicted octanol–water partition coefficient (Wildman–Crippen LogP) is 0.891. The average Bonchev–Trinajstić information content (AvgIpc) is 2.25. The Hall–Kier alpha value is 0.150. The first-order valence-corrected chi connectivity index (χ1v) is 9.94. The third-order valence-electron chi connectivity index (χ3n) is 3.08. The molecule has 1 heterocycles. The molecule has 0 spiro atoms. The molecule has 0 amide bonds. The zero-order valence-electron chi connectivity index (χ0n) is 10.4. The van der Waals surface area contributed by atoms with Gasteiger partial charge in [0.15, 0.2) is 0 Å². The lowest BCUT2D eigenvalue weighted by atomic mass is 10.2. The van der Waals surface area contributed by atoms with Gasteiger partial charge in [0.2, 0.25) is 10.0 Å². The van der Waals surface area contributed by atoms with E-state index in [1.54, 1.807) is 6.92 Å². The third kappa shape index (κ3) is 5.03. The van der Waals surface area contributed by atoms with Gasteiger partial charge in [-0.15, -0.1) is 11.6 Å². The predicted molar refractivity (Wildman–Crippen MR) is 73.1 cm³/mol. The van der Waals surface area contributed by atoms with Gasteiger partial charge in [0, 0.05) is 11.9 Å². The summed E-state index contributed by atoms with van der Waals surface area (Å²) >= 11 is 5.55. The summed E-state index contributed by atoms with van der Waals surface area (Å²) in [7, 11) is -6.45. The van der Waals surface area contributed by atoms with E-state index in [4.69, 9.17) is 11.6 Å². The van der Waals surface area contributed by atoms with E-state index in [1.807, 2.05) is 0 Å². The minimum absolute atomic E-state index is 0.0331. The zero-order chi connectivity index (χ0) is 13.8. The number of sulfonamides is 1. The van der Waals surface area contributed by atoms with Gasteiger partial charge in [0.05, 0.1) is 16.8 Å². The molecule has 0 saturated carbocycles. The standard InChI is InChI=1S/C10H20ClNO4S2/c1-9(3-2-6-11)12-18(15,16)10-4-7-17(13,14)8-5-10/h9-10,12H,2-8H2,1H3. The molecule has 0 aromatic carbocycles. The first kappa shape index (κ1) is 16.2. The summed E-state index contributed by atoms with van der Waals surface area (Å²) in [6.07, 6.45) is 1.83. The van der Waals surface area contributed by atoms with E-state index in [0.29, 0.717) is 12.3 Å². The van der Waals surface area contributed by atoms with E-state index >= 15 is 0 Å². The third-order valence-corrected chi connectivity index (χ3v) is 7.14. The summed E-state index contributed by atoms with van der Waals surface area (Å²) in [5.41, 5.74) is 0. The number of rotatable bonds is 6. The second-order valence-corrected chi connectivity index (χ2v) is 9.42. The fourth-order valence-electron chi connectivity index (χ4n) is 2.00. The van der Waals surface area contributed by atoms with Gasteiger partial charge in [-0.2, -0.15) is 0 Å². The van der Waals surface area contributed by atoms with Gasteiger partial charge < -0.3 is 0 Å². The largest absolute Gasteiger partial charge is 0.229 e. The Morgan fingerprint density at radius 3 is 2.39 bits per heavy atom. The van der Waals surface area contributed by atoms with Crippen LogP contribution in [0.25, 0.3) is 0 Å². The Bertz CT molecular complexity index is 446. The smallest absolute Gasteiger partial charge is 0.214 e. The van der Waals surface area contributed by atoms with E-state index in [9.17, 15) is 16.8 Å². The summed E-state index contributed by atoms with van der Waals surface area (Å²) in [6, 6.07) is -0.160. The highest BCUT2D eigenvalue weighted by Gasteiger charge is 2.33. The molecule has 5 nitrogen and oxygen atoms in total. The molecule has 0 bridgehead atoms. The first-order valence-electron chi connectivity index (χ1n) is 6.04. The Balaban J connectivity index is 2.54. The average molecular weight is 318 g/mol. The van der Waals surface area contributed by atoms with Crippen LogP contribution in [-0.4, -0.2) is 45.5 Å². The number of nitrogens with one attached hydrogen (secondary N) is 1. The van der Waals surface area contributed by atoms with Crippen molar-refractivity contribution in [2.24, 2.45) is 0 Å². The maximum absolute atomic E-state index is 12.0. The summed E-state index contributed by atoms with van der Waals surface area (Å²) in [6.45, 7) is 1.80. The lowest BCUT2D eigenvalue weighted by molar-refractivity contribution is 0.519. The topological polar surface area (TPSA) is 80.3 Å². The molecule has 0 aromatic rings. The molecule has 0 radical (unpaired) electrons. The minimum Gasteiger partial charge on any atom is -0.229 e. The molecule has 1 rings (SSSR count). The highest BCUT2D eigenvalue weighted by Crippen LogP contribution is 2.19. The summed E-state index contributed by atoms with van der Waals surface area (Å²) in [5, 5.41) is -0.584. The van der Waals surface area contributed by atoms with Crippen LogP contribution in [-0.2, 0) is 19.9 Å². The molecule has 1 fully saturated rings. The molecule has 1 unspecified atom stereocenters. The Labute approximate surface area is 114 Å². The normalized spacial score (nSPS) is 22.8. The van der Waals surface area contributed by atoms with Crippen LogP contribution in [0, 0.1) is 0 Å². The molecule has 1 aliphatic rings. The molecule has 1 saturated heterocycles. The fraction of sp³-hybridized carbons (Fsp3) is 1.00. The second-order valence-electron chi connectivity index (χ2n) is 4.75. The van der Waals surface area contributed by atoms with Crippen molar-refractivity contribution in [2.45, 2.75) is 43.9 Å². The monoisotopic (exact) mass is 317 g/mol. The number of hydrogen-bond donors (Lipinski definition) is 1. The van der Waals surface area contributed by atoms with Gasteiger partial charge in [-0.3, -0.25) is 0 Å². The zero-order valence-corrected chi connectivity index (χ0v) is 12.8. The van der Waals surface area contributed by atoms with Crippen molar-refractivity contribution in [3.63, 3.8) is 0 Å². The Morgan fingerprint density at radius 1 is 1.33 bits per heavy atom. The number of alkyl halides is 1. The van der Waals surface area contributed by atoms with Crippen LogP contribution < -0.4 is 4.72 Å². The van der Waals surface area contributed by atoms with Crippen molar-refractivity contribution in [3.8, 4) is 0 Å². The van der Waals surface area contributed by atoms with Crippen LogP contribution in [0.3, 0.4) is 0 Å². The maximum atomic E-state index is 12.0. The number of halogens is 1. The lowest BCUT2D eigenvalue weighted by Crippen LogP contribution is -2.43. The van der Waals surface area contributed by atoms with Crippen molar-refractivity contribution in [1.82, 2.24) is 4.72 Å². The highest BCUT2D eigenvalue weighted by molar-refractivity contribution is 7.92. The summed E-state index contributed by atoms with van der Waals surface area (Å²) < 4.78 is 49.2. The first-order chi connectivity index (χ1) is 8.27. The molecular weight excluding hydrogens is 298 g/mol. The van der Waals surface area contributed by atoms with Crippen molar-refractivity contribution < 1.29 is 16.8 Å². The van der Waals surface area contributed by atoms with Crippen LogP contribution in [0.15, 0.2) is 0 Å². The quantitative estimate of drug-likeness (QED) is 0.738. The van der Waals surface area contributed by atoms with Gasteiger partial charge >= 0.3 is 0 Å². The summed E-state index contributed by atoms with van der Waals surface area (Å²) in [4.78, 5) is 0. The molecule has 108 valence electrons. The van der Waals surface area contributed by atoms with Crippen molar-refractivity contribution in [1.29, 1.82) is 0 Å². The van der Waals surface area contributed by atoms with Gasteiger partial charge in [-0.05, 0) is 32.6 Å². The van der Waals surface area contributed by atoms with Gasteiger partial charge in [-0.25, -0.2) is 21.6 Å². The van der Waals surface area contributed by atoms with Crippen molar-refractivity contribution >= 4 is 31.5 Å². The Kier molecular flexibility index (Phi) is 5.89. The molecule has 1 aliphatic heterocycles. The SMILES string of the molecule is CC(CCCCl)NS(=O)(=O)C1CCS(=O)(=O)CC1. The lowest BCUT2D eigenvalue weighted by Gasteiger charge is -2.24. The van der Waals surface area contributed by atoms with E-state index in [0.717, 1.165) is 6.42 Å². The van der Waals surface area contributed by atoms with Crippen LogP contribution in [0.5, 0.6) is 0 Å². The minimum atomic E-state index is -3.42. The van der Waals surface area contributed by atoms with E-state index < -0.39 is 25.1 Å². The van der Waals surface area contributed by atoms with E-state index in [-0.39, 0.29) is 30.4 Å². The highest BCUT2D eigenvalue weighted by atomic mass is 35.5. The van der Waals surface area contributed by atoms with Crippen LogP contribution in [0.2, 0.25) is 0 Å². The van der Waals surface area contributed by atoms with Gasteiger partial charge in [-0.1, -0.05) is 0 Å². The Morgan fingerprint density at radius 2 is 1.89 bits per heavy atom. The number of sulfone groups is 1. The maximum Gasteiger partial charge on any atom is 0.214 e. The van der Waals surface area contributed by atoms with Crippen LogP contribution in [0.4, 0.5) is 0 Å². The number of hydrogen-bond acceptors (Lipinski definition) is 4. The molecule has 0 aromatic heterocycles. The van der Waals surface area contributed by atoms with Crippen molar-refractivity contribution in [2.75, 3.05) is 17.4 Å². The summed E-state index contributed by atoms with van der Waals surface area (Å²) in [5.74, 6) is 0.441. The molecule has 1 N–H and O–H groups in total. The van der Waals surface area contributed by atoms with Gasteiger partial charge in [0.1, 0.15) is 9.84 Å². The van der Waals surface area contributed by atoms with Crippen LogP contribution >= 0.6 is 11.6 Å². The molecule has 18 heavy (non-hydrogen) atoms. The van der Waals surface area contributed by atoms with Crippen LogP contribution in [0.1, 0.15) is 32.6 Å². The molecule has 0 aliphatic carbocycles. The van der Waals surface area contributed by atoms with E-state index in [1.165, 1.54) is 0 Å². The van der Waals surface area contributed by atoms with Gasteiger partial charge in [0.25, 0.3) is 0 Å². The molecule has 1 atom stereocenters. The molecule has 8 heteroatoms. The second kappa shape index (κ2) is 6.54. The fourth-order valence-corrected chi connectivity index (χ4v) is 5.67. The van der Waals surface area contributed by atoms with Crippen molar-refractivity contribution in [3.05, 3.63) is 0 Å².